The molecule has 1 fully saturated rings. The van der Waals surface area contributed by atoms with Crippen LogP contribution in [-0.2, 0) is 16.6 Å². The minimum atomic E-state index is -3.47. The highest BCUT2D eigenvalue weighted by atomic mass is 32.2. The molecule has 1 saturated carbocycles. The monoisotopic (exact) mass is 254 g/mol. The summed E-state index contributed by atoms with van der Waals surface area (Å²) in [7, 11) is -3.47. The first kappa shape index (κ1) is 12.1. The molecule has 0 atom stereocenters. The number of carbonyl (C=O) groups is 1. The largest absolute Gasteiger partial charge is 0.326 e. The Morgan fingerprint density at radius 2 is 1.88 bits per heavy atom. The quantitative estimate of drug-likeness (QED) is 0.812. The molecule has 1 aliphatic carbocycles. The molecular formula is C11H14N2O3S. The van der Waals surface area contributed by atoms with E-state index in [0.29, 0.717) is 24.9 Å². The second kappa shape index (κ2) is 4.46. The van der Waals surface area contributed by atoms with Gasteiger partial charge in [-0.3, -0.25) is 4.79 Å². The Morgan fingerprint density at radius 3 is 2.35 bits per heavy atom. The van der Waals surface area contributed by atoms with Crippen molar-refractivity contribution in [2.75, 3.05) is 0 Å². The van der Waals surface area contributed by atoms with Crippen LogP contribution in [0.4, 0.5) is 0 Å². The van der Waals surface area contributed by atoms with Crippen molar-refractivity contribution in [3.05, 3.63) is 35.4 Å². The van der Waals surface area contributed by atoms with Crippen LogP contribution in [0, 0.1) is 0 Å². The first-order valence-electron chi connectivity index (χ1n) is 5.38. The van der Waals surface area contributed by atoms with E-state index in [-0.39, 0.29) is 0 Å². The van der Waals surface area contributed by atoms with Gasteiger partial charge in [-0.05, 0) is 30.5 Å². The van der Waals surface area contributed by atoms with Crippen molar-refractivity contribution >= 4 is 15.9 Å². The number of amides is 1. The zero-order valence-corrected chi connectivity index (χ0v) is 10.0. The number of carbonyl (C=O) groups excluding carboxylic acids is 1. The van der Waals surface area contributed by atoms with E-state index in [4.69, 9.17) is 5.73 Å². The molecule has 0 radical (unpaired) electrons. The molecule has 1 aromatic rings. The lowest BCUT2D eigenvalue weighted by molar-refractivity contribution is 0.0981. The van der Waals surface area contributed by atoms with Crippen LogP contribution in [0.15, 0.2) is 24.3 Å². The summed E-state index contributed by atoms with van der Waals surface area (Å²) >= 11 is 0. The van der Waals surface area contributed by atoms with Crippen molar-refractivity contribution in [3.8, 4) is 0 Å². The van der Waals surface area contributed by atoms with Crippen LogP contribution in [0.3, 0.4) is 0 Å². The molecule has 3 N–H and O–H groups in total. The lowest BCUT2D eigenvalue weighted by Gasteiger charge is -2.05. The van der Waals surface area contributed by atoms with Crippen LogP contribution >= 0.6 is 0 Å². The van der Waals surface area contributed by atoms with Gasteiger partial charge in [0.25, 0.3) is 5.91 Å². The molecule has 1 amide bonds. The summed E-state index contributed by atoms with van der Waals surface area (Å²) in [6.07, 6.45) is 1.27. The lowest BCUT2D eigenvalue weighted by Crippen LogP contribution is -2.33. The maximum atomic E-state index is 11.7. The van der Waals surface area contributed by atoms with Crippen LogP contribution < -0.4 is 10.5 Å². The van der Waals surface area contributed by atoms with E-state index < -0.39 is 21.2 Å². The second-order valence-electron chi connectivity index (χ2n) is 4.08. The highest BCUT2D eigenvalue weighted by molar-refractivity contribution is 7.91. The Bertz CT molecular complexity index is 518. The first-order chi connectivity index (χ1) is 8.03. The molecular weight excluding hydrogens is 240 g/mol. The van der Waals surface area contributed by atoms with Gasteiger partial charge in [0.05, 0.1) is 5.25 Å². The van der Waals surface area contributed by atoms with Gasteiger partial charge in [-0.2, -0.15) is 0 Å². The summed E-state index contributed by atoms with van der Waals surface area (Å²) in [6, 6.07) is 6.55. The number of nitrogens with two attached hydrogens (primary N) is 1. The van der Waals surface area contributed by atoms with Crippen LogP contribution in [0.25, 0.3) is 0 Å². The predicted octanol–water partition coefficient (Wildman–Crippen LogP) is 0.367. The Morgan fingerprint density at radius 1 is 1.29 bits per heavy atom. The van der Waals surface area contributed by atoms with Gasteiger partial charge in [0, 0.05) is 12.1 Å². The molecule has 0 heterocycles. The average Bonchev–Trinajstić information content (AvgIpc) is 3.12. The maximum Gasteiger partial charge on any atom is 0.264 e. The fourth-order valence-corrected chi connectivity index (χ4v) is 2.74. The Hall–Kier alpha value is -1.40. The van der Waals surface area contributed by atoms with Crippen LogP contribution in [0.1, 0.15) is 28.8 Å². The molecule has 17 heavy (non-hydrogen) atoms. The smallest absolute Gasteiger partial charge is 0.264 e. The predicted molar refractivity (Wildman–Crippen MR) is 63.7 cm³/mol. The third-order valence-electron chi connectivity index (χ3n) is 2.65. The maximum absolute atomic E-state index is 11.7. The summed E-state index contributed by atoms with van der Waals surface area (Å²) in [5, 5.41) is -0.394. The molecule has 0 aromatic heterocycles. The zero-order valence-electron chi connectivity index (χ0n) is 9.22. The minimum Gasteiger partial charge on any atom is -0.326 e. The van der Waals surface area contributed by atoms with E-state index in [1.807, 2.05) is 0 Å². The van der Waals surface area contributed by atoms with Gasteiger partial charge in [-0.1, -0.05) is 12.1 Å². The van der Waals surface area contributed by atoms with Crippen LogP contribution in [0.5, 0.6) is 0 Å². The number of benzene rings is 1. The van der Waals surface area contributed by atoms with Crippen LogP contribution in [-0.4, -0.2) is 19.6 Å². The third kappa shape index (κ3) is 2.83. The molecule has 2 rings (SSSR count). The number of hydrogen-bond donors (Lipinski definition) is 2. The van der Waals surface area contributed by atoms with Gasteiger partial charge in [-0.15, -0.1) is 0 Å². The van der Waals surface area contributed by atoms with E-state index >= 15 is 0 Å². The van der Waals surface area contributed by atoms with Crippen molar-refractivity contribution in [1.82, 2.24) is 4.72 Å². The molecule has 1 aliphatic rings. The summed E-state index contributed by atoms with van der Waals surface area (Å²) in [4.78, 5) is 11.7. The van der Waals surface area contributed by atoms with Crippen molar-refractivity contribution in [2.24, 2.45) is 5.73 Å². The first-order valence-corrected chi connectivity index (χ1v) is 6.92. The molecule has 0 bridgehead atoms. The summed E-state index contributed by atoms with van der Waals surface area (Å²) in [5.74, 6) is -0.583. The van der Waals surface area contributed by atoms with Gasteiger partial charge in [0.15, 0.2) is 0 Å². The third-order valence-corrected chi connectivity index (χ3v) is 4.47. The van der Waals surface area contributed by atoms with Gasteiger partial charge < -0.3 is 5.73 Å². The standard InChI is InChI=1S/C11H14N2O3S/c12-7-8-1-3-9(4-2-8)11(14)13-17(15,16)10-5-6-10/h1-4,10H,5-7,12H2,(H,13,14). The molecule has 6 heteroatoms. The summed E-state index contributed by atoms with van der Waals surface area (Å²) in [6.45, 7) is 0.391. The van der Waals surface area contributed by atoms with E-state index in [9.17, 15) is 13.2 Å². The molecule has 0 spiro atoms. The van der Waals surface area contributed by atoms with E-state index in [0.717, 1.165) is 5.56 Å². The normalized spacial score (nSPS) is 15.6. The van der Waals surface area contributed by atoms with Crippen molar-refractivity contribution in [1.29, 1.82) is 0 Å². The van der Waals surface area contributed by atoms with E-state index in [2.05, 4.69) is 4.72 Å². The van der Waals surface area contributed by atoms with Crippen molar-refractivity contribution < 1.29 is 13.2 Å². The van der Waals surface area contributed by atoms with Gasteiger partial charge in [-0.25, -0.2) is 13.1 Å². The SMILES string of the molecule is NCc1ccc(C(=O)NS(=O)(=O)C2CC2)cc1. The van der Waals surface area contributed by atoms with Gasteiger partial charge in [0.1, 0.15) is 0 Å². The highest BCUT2D eigenvalue weighted by Gasteiger charge is 2.36. The van der Waals surface area contributed by atoms with Gasteiger partial charge in [0.2, 0.25) is 10.0 Å². The lowest BCUT2D eigenvalue weighted by atomic mass is 10.1. The topological polar surface area (TPSA) is 89.3 Å². The summed E-state index contributed by atoms with van der Waals surface area (Å²) < 4.78 is 25.2. The number of sulfonamides is 1. The number of rotatable bonds is 4. The average molecular weight is 254 g/mol. The number of hydrogen-bond acceptors (Lipinski definition) is 4. The fraction of sp³-hybridized carbons (Fsp3) is 0.364. The number of nitrogens with one attached hydrogen (secondary N) is 1. The highest BCUT2D eigenvalue weighted by Crippen LogP contribution is 2.27. The molecule has 5 nitrogen and oxygen atoms in total. The van der Waals surface area contributed by atoms with E-state index in [1.54, 1.807) is 24.3 Å². The summed E-state index contributed by atoms with van der Waals surface area (Å²) in [5.41, 5.74) is 6.65. The molecule has 0 unspecified atom stereocenters. The molecule has 1 aromatic carbocycles. The van der Waals surface area contributed by atoms with Crippen molar-refractivity contribution in [3.63, 3.8) is 0 Å². The fourth-order valence-electron chi connectivity index (χ4n) is 1.44. The zero-order chi connectivity index (χ0) is 12.5. The Balaban J connectivity index is 2.09. The second-order valence-corrected chi connectivity index (χ2v) is 6.04. The van der Waals surface area contributed by atoms with Crippen molar-refractivity contribution in [2.45, 2.75) is 24.6 Å². The Labute approximate surface area is 100 Å². The van der Waals surface area contributed by atoms with Gasteiger partial charge >= 0.3 is 0 Å². The Kier molecular flexibility index (Phi) is 3.17. The molecule has 92 valence electrons. The minimum absolute atomic E-state index is 0.325. The van der Waals surface area contributed by atoms with E-state index in [1.165, 1.54) is 0 Å². The van der Waals surface area contributed by atoms with Crippen LogP contribution in [0.2, 0.25) is 0 Å². The molecule has 0 aliphatic heterocycles. The molecule has 0 saturated heterocycles.